The highest BCUT2D eigenvalue weighted by molar-refractivity contribution is 7.47. The molecule has 0 amide bonds. The van der Waals surface area contributed by atoms with E-state index < -0.39 is 7.82 Å². The van der Waals surface area contributed by atoms with Gasteiger partial charge >= 0.3 is 7.82 Å². The highest BCUT2D eigenvalue weighted by Gasteiger charge is 2.27. The van der Waals surface area contributed by atoms with Crippen molar-refractivity contribution in [1.29, 1.82) is 0 Å². The van der Waals surface area contributed by atoms with Gasteiger partial charge in [-0.15, -0.1) is 0 Å². The lowest BCUT2D eigenvalue weighted by Gasteiger charge is -2.24. The molecule has 0 saturated carbocycles. The Labute approximate surface area is 147 Å². The van der Waals surface area contributed by atoms with E-state index in [0.717, 1.165) is 30.4 Å². The van der Waals surface area contributed by atoms with Crippen molar-refractivity contribution >= 4 is 7.82 Å². The summed E-state index contributed by atoms with van der Waals surface area (Å²) in [6.07, 6.45) is 6.59. The Hall–Kier alpha value is -0.830. The van der Waals surface area contributed by atoms with Crippen LogP contribution in [-0.4, -0.2) is 11.5 Å². The van der Waals surface area contributed by atoms with Crippen molar-refractivity contribution < 1.29 is 18.5 Å². The maximum absolute atomic E-state index is 12.2. The van der Waals surface area contributed by atoms with Gasteiger partial charge in [0.1, 0.15) is 5.75 Å². The van der Waals surface area contributed by atoms with E-state index in [1.165, 1.54) is 19.3 Å². The van der Waals surface area contributed by atoms with Crippen LogP contribution in [-0.2, 0) is 14.5 Å². The lowest BCUT2D eigenvalue weighted by Crippen LogP contribution is -2.13. The molecule has 0 radical (unpaired) electrons. The molecule has 1 rings (SSSR count). The van der Waals surface area contributed by atoms with E-state index in [1.807, 2.05) is 39.8 Å². The molecule has 0 fully saturated rings. The quantitative estimate of drug-likeness (QED) is 0.403. The molecule has 0 heterocycles. The number of rotatable bonds is 10. The molecular weight excluding hydrogens is 323 g/mol. The number of unbranched alkanes of at least 4 members (excludes halogenated alkanes) is 5. The molecule has 0 aliphatic heterocycles. The third-order valence-electron chi connectivity index (χ3n) is 3.91. The number of hydrogen-bond acceptors (Lipinski definition) is 3. The van der Waals surface area contributed by atoms with Crippen molar-refractivity contribution in [2.45, 2.75) is 78.6 Å². The summed E-state index contributed by atoms with van der Waals surface area (Å²) in [6.45, 7) is 10.6. The summed E-state index contributed by atoms with van der Waals surface area (Å²) in [5.74, 6) is 0.418. The molecule has 0 bridgehead atoms. The molecule has 1 N–H and O–H groups in total. The number of benzene rings is 1. The summed E-state index contributed by atoms with van der Waals surface area (Å²) in [6, 6.07) is 5.61. The Balaban J connectivity index is 2.57. The van der Waals surface area contributed by atoms with Gasteiger partial charge in [0.25, 0.3) is 0 Å². The molecule has 0 aromatic heterocycles. The molecule has 0 aliphatic carbocycles. The molecule has 1 aromatic carbocycles. The van der Waals surface area contributed by atoms with Crippen molar-refractivity contribution in [3.05, 3.63) is 29.3 Å². The zero-order valence-electron chi connectivity index (χ0n) is 15.8. The largest absolute Gasteiger partial charge is 0.527 e. The van der Waals surface area contributed by atoms with Gasteiger partial charge in [0.05, 0.1) is 6.61 Å². The summed E-state index contributed by atoms with van der Waals surface area (Å²) in [4.78, 5) is 9.98. The zero-order chi connectivity index (χ0) is 18.2. The molecular formula is C19H33O4P. The highest BCUT2D eigenvalue weighted by Crippen LogP contribution is 2.46. The zero-order valence-corrected chi connectivity index (χ0v) is 16.7. The third kappa shape index (κ3) is 7.83. The monoisotopic (exact) mass is 356 g/mol. The fourth-order valence-corrected chi connectivity index (χ4v) is 3.34. The van der Waals surface area contributed by atoms with E-state index in [9.17, 15) is 9.46 Å². The van der Waals surface area contributed by atoms with Crippen LogP contribution in [0.25, 0.3) is 0 Å². The van der Waals surface area contributed by atoms with Crippen molar-refractivity contribution in [3.8, 4) is 5.75 Å². The average molecular weight is 356 g/mol. The number of hydrogen-bond donors (Lipinski definition) is 1. The van der Waals surface area contributed by atoms with Gasteiger partial charge in [-0.3, -0.25) is 9.42 Å². The summed E-state index contributed by atoms with van der Waals surface area (Å²) >= 11 is 0. The first-order valence-electron chi connectivity index (χ1n) is 8.94. The van der Waals surface area contributed by atoms with Gasteiger partial charge < -0.3 is 4.52 Å². The van der Waals surface area contributed by atoms with Gasteiger partial charge in [-0.25, -0.2) is 4.57 Å². The number of phosphoric ester groups is 1. The van der Waals surface area contributed by atoms with Gasteiger partial charge in [0.2, 0.25) is 0 Å². The van der Waals surface area contributed by atoms with E-state index in [-0.39, 0.29) is 12.0 Å². The van der Waals surface area contributed by atoms with Crippen LogP contribution < -0.4 is 4.52 Å². The first kappa shape index (κ1) is 21.2. The van der Waals surface area contributed by atoms with Gasteiger partial charge in [-0.2, -0.15) is 0 Å². The summed E-state index contributed by atoms with van der Waals surface area (Å²) in [5.41, 5.74) is 1.81. The third-order valence-corrected chi connectivity index (χ3v) is 4.85. The molecule has 5 heteroatoms. The van der Waals surface area contributed by atoms with Gasteiger partial charge in [-0.05, 0) is 24.8 Å². The van der Waals surface area contributed by atoms with Crippen LogP contribution >= 0.6 is 7.82 Å². The molecule has 24 heavy (non-hydrogen) atoms. The fourth-order valence-electron chi connectivity index (χ4n) is 2.52. The highest BCUT2D eigenvalue weighted by atomic mass is 31.2. The smallest absolute Gasteiger partial charge is 0.404 e. The van der Waals surface area contributed by atoms with Crippen LogP contribution in [0.2, 0.25) is 0 Å². The molecule has 1 aromatic rings. The second-order valence-electron chi connectivity index (χ2n) is 7.41. The van der Waals surface area contributed by atoms with E-state index in [4.69, 9.17) is 9.05 Å². The molecule has 0 aliphatic rings. The minimum atomic E-state index is -4.09. The SMILES string of the molecule is CCCCCCCCOP(=O)(O)Oc1ccc(C)cc1C(C)(C)C. The van der Waals surface area contributed by atoms with Gasteiger partial charge in [0, 0.05) is 5.56 Å². The summed E-state index contributed by atoms with van der Waals surface area (Å²) in [7, 11) is -4.09. The first-order valence-corrected chi connectivity index (χ1v) is 10.4. The molecule has 0 saturated heterocycles. The van der Waals surface area contributed by atoms with Crippen LogP contribution in [0.1, 0.15) is 77.3 Å². The number of aryl methyl sites for hydroxylation is 1. The topological polar surface area (TPSA) is 55.8 Å². The van der Waals surface area contributed by atoms with E-state index in [0.29, 0.717) is 5.75 Å². The van der Waals surface area contributed by atoms with Crippen LogP contribution in [0.4, 0.5) is 0 Å². The molecule has 4 nitrogen and oxygen atoms in total. The Morgan fingerprint density at radius 2 is 1.71 bits per heavy atom. The van der Waals surface area contributed by atoms with Crippen molar-refractivity contribution in [1.82, 2.24) is 0 Å². The van der Waals surface area contributed by atoms with Crippen molar-refractivity contribution in [2.24, 2.45) is 0 Å². The van der Waals surface area contributed by atoms with Crippen molar-refractivity contribution in [2.75, 3.05) is 6.61 Å². The van der Waals surface area contributed by atoms with E-state index in [1.54, 1.807) is 6.07 Å². The van der Waals surface area contributed by atoms with Crippen LogP contribution in [0.15, 0.2) is 18.2 Å². The Morgan fingerprint density at radius 1 is 1.08 bits per heavy atom. The summed E-state index contributed by atoms with van der Waals surface area (Å²) in [5, 5.41) is 0. The average Bonchev–Trinajstić information content (AvgIpc) is 2.47. The molecule has 1 unspecified atom stereocenters. The number of phosphoric acid groups is 1. The van der Waals surface area contributed by atoms with Gasteiger partial charge in [-0.1, -0.05) is 77.5 Å². The fraction of sp³-hybridized carbons (Fsp3) is 0.684. The Bertz CT molecular complexity index is 549. The second kappa shape index (κ2) is 9.60. The minimum Gasteiger partial charge on any atom is -0.404 e. The maximum atomic E-state index is 12.2. The maximum Gasteiger partial charge on any atom is 0.527 e. The van der Waals surface area contributed by atoms with Crippen LogP contribution in [0, 0.1) is 6.92 Å². The molecule has 138 valence electrons. The predicted octanol–water partition coefficient (Wildman–Crippen LogP) is 6.15. The van der Waals surface area contributed by atoms with Crippen LogP contribution in [0.3, 0.4) is 0 Å². The minimum absolute atomic E-state index is 0.180. The standard InChI is InChI=1S/C19H33O4P/c1-6-7-8-9-10-11-14-22-24(20,21)23-18-13-12-16(2)15-17(18)19(3,4)5/h12-13,15H,6-11,14H2,1-5H3,(H,20,21). The Kier molecular flexibility index (Phi) is 8.49. The van der Waals surface area contributed by atoms with E-state index >= 15 is 0 Å². The predicted molar refractivity (Wildman–Crippen MR) is 99.7 cm³/mol. The normalized spacial score (nSPS) is 14.4. The van der Waals surface area contributed by atoms with Crippen LogP contribution in [0.5, 0.6) is 5.75 Å². The molecule has 0 spiro atoms. The van der Waals surface area contributed by atoms with Crippen molar-refractivity contribution in [3.63, 3.8) is 0 Å². The van der Waals surface area contributed by atoms with Gasteiger partial charge in [0.15, 0.2) is 0 Å². The van der Waals surface area contributed by atoms with E-state index in [2.05, 4.69) is 6.92 Å². The summed E-state index contributed by atoms with van der Waals surface area (Å²) < 4.78 is 22.7. The second-order valence-corrected chi connectivity index (χ2v) is 8.79. The lowest BCUT2D eigenvalue weighted by molar-refractivity contribution is 0.198. The molecule has 1 atom stereocenters. The first-order chi connectivity index (χ1) is 11.2. The Morgan fingerprint density at radius 3 is 2.33 bits per heavy atom. The lowest BCUT2D eigenvalue weighted by atomic mass is 9.85.